The Morgan fingerprint density at radius 1 is 1.12 bits per heavy atom. The van der Waals surface area contributed by atoms with Gasteiger partial charge in [-0.2, -0.15) is 0 Å². The Bertz CT molecular complexity index is 1120. The molecule has 0 unspecified atom stereocenters. The summed E-state index contributed by atoms with van der Waals surface area (Å²) in [7, 11) is 1.61. The number of benzene rings is 2. The van der Waals surface area contributed by atoms with E-state index in [0.717, 1.165) is 27.0 Å². The molecule has 2 N–H and O–H groups in total. The topological polar surface area (TPSA) is 98.1 Å². The van der Waals surface area contributed by atoms with Crippen molar-refractivity contribution < 1.29 is 14.3 Å². The number of carbonyl (C=O) groups is 2. The zero-order valence-corrected chi connectivity index (χ0v) is 21.1. The average Bonchev–Trinajstić information content (AvgIpc) is 3.21. The molecule has 0 aliphatic carbocycles. The van der Waals surface area contributed by atoms with Gasteiger partial charge in [0, 0.05) is 16.7 Å². The molecular weight excluding hydrogens is 506 g/mol. The van der Waals surface area contributed by atoms with Gasteiger partial charge in [-0.25, -0.2) is 0 Å². The van der Waals surface area contributed by atoms with Gasteiger partial charge in [-0.3, -0.25) is 9.59 Å². The molecule has 0 fully saturated rings. The van der Waals surface area contributed by atoms with Crippen LogP contribution in [0.25, 0.3) is 0 Å². The largest absolute Gasteiger partial charge is 0.497 e. The van der Waals surface area contributed by atoms with E-state index in [9.17, 15) is 9.59 Å². The molecule has 0 aliphatic heterocycles. The number of carbonyl (C=O) groups excluding carboxylic acids is 2. The smallest absolute Gasteiger partial charge is 0.234 e. The Hall–Kier alpha value is -2.85. The van der Waals surface area contributed by atoms with Crippen molar-refractivity contribution in [3.8, 4) is 5.75 Å². The van der Waals surface area contributed by atoms with Crippen molar-refractivity contribution in [1.82, 2.24) is 20.1 Å². The Morgan fingerprint density at radius 3 is 2.55 bits per heavy atom. The first-order valence-electron chi connectivity index (χ1n) is 10.4. The minimum Gasteiger partial charge on any atom is -0.497 e. The monoisotopic (exact) mass is 531 g/mol. The predicted molar refractivity (Wildman–Crippen MR) is 132 cm³/mol. The summed E-state index contributed by atoms with van der Waals surface area (Å²) < 4.78 is 8.03. The van der Waals surface area contributed by atoms with Crippen LogP contribution in [-0.4, -0.2) is 39.4 Å². The van der Waals surface area contributed by atoms with Crippen molar-refractivity contribution >= 4 is 45.2 Å². The molecule has 1 aromatic heterocycles. The first-order valence-corrected chi connectivity index (χ1v) is 12.2. The highest BCUT2D eigenvalue weighted by molar-refractivity contribution is 9.10. The van der Waals surface area contributed by atoms with Gasteiger partial charge in [-0.15, -0.1) is 10.2 Å². The highest BCUT2D eigenvalue weighted by atomic mass is 79.9. The second kappa shape index (κ2) is 11.9. The molecule has 2 amide bonds. The fraction of sp³-hybridized carbons (Fsp3) is 0.304. The van der Waals surface area contributed by atoms with Gasteiger partial charge in [0.25, 0.3) is 0 Å². The Labute approximate surface area is 205 Å². The van der Waals surface area contributed by atoms with Crippen LogP contribution < -0.4 is 15.4 Å². The lowest BCUT2D eigenvalue weighted by Crippen LogP contribution is -2.26. The second-order valence-corrected chi connectivity index (χ2v) is 9.04. The van der Waals surface area contributed by atoms with Crippen molar-refractivity contribution in [1.29, 1.82) is 0 Å². The quantitative estimate of drug-likeness (QED) is 0.384. The van der Waals surface area contributed by atoms with E-state index in [2.05, 4.69) is 36.8 Å². The number of hydrogen-bond acceptors (Lipinski definition) is 6. The predicted octanol–water partition coefficient (Wildman–Crippen LogP) is 3.97. The highest BCUT2D eigenvalue weighted by Gasteiger charge is 2.14. The Kier molecular flexibility index (Phi) is 8.90. The molecule has 2 aromatic carbocycles. The number of hydrogen-bond donors (Lipinski definition) is 2. The fourth-order valence-corrected chi connectivity index (χ4v) is 4.16. The third-order valence-corrected chi connectivity index (χ3v) is 6.71. The van der Waals surface area contributed by atoms with Crippen LogP contribution >= 0.6 is 27.7 Å². The van der Waals surface area contributed by atoms with Gasteiger partial charge in [0.05, 0.1) is 25.8 Å². The van der Waals surface area contributed by atoms with Crippen LogP contribution in [0.3, 0.4) is 0 Å². The highest BCUT2D eigenvalue weighted by Crippen LogP contribution is 2.21. The number of rotatable bonds is 10. The average molecular weight is 532 g/mol. The van der Waals surface area contributed by atoms with Crippen LogP contribution in [0, 0.1) is 6.92 Å². The molecule has 10 heteroatoms. The van der Waals surface area contributed by atoms with Gasteiger partial charge in [0.15, 0.2) is 11.0 Å². The molecular formula is C23H26BrN5O3S. The van der Waals surface area contributed by atoms with Crippen LogP contribution in [0.5, 0.6) is 5.75 Å². The number of amides is 2. The number of halogens is 1. The van der Waals surface area contributed by atoms with Crippen LogP contribution in [0.1, 0.15) is 23.9 Å². The maximum Gasteiger partial charge on any atom is 0.234 e. The number of anilines is 1. The lowest BCUT2D eigenvalue weighted by Gasteiger charge is -2.09. The van der Waals surface area contributed by atoms with Crippen LogP contribution in [-0.2, 0) is 29.1 Å². The van der Waals surface area contributed by atoms with Gasteiger partial charge in [-0.1, -0.05) is 39.8 Å². The summed E-state index contributed by atoms with van der Waals surface area (Å²) in [6.07, 6.45) is 0.265. The maximum atomic E-state index is 12.4. The normalized spacial score (nSPS) is 10.7. The van der Waals surface area contributed by atoms with E-state index >= 15 is 0 Å². The lowest BCUT2D eigenvalue weighted by atomic mass is 10.1. The molecule has 0 atom stereocenters. The summed E-state index contributed by atoms with van der Waals surface area (Å²) in [5.74, 6) is 1.37. The summed E-state index contributed by atoms with van der Waals surface area (Å²) in [5, 5.41) is 14.8. The zero-order valence-electron chi connectivity index (χ0n) is 18.7. The molecule has 1 heterocycles. The molecule has 0 bridgehead atoms. The Balaban J connectivity index is 1.51. The number of aryl methyl sites for hydroxylation is 1. The molecule has 8 nitrogen and oxygen atoms in total. The molecule has 0 saturated carbocycles. The van der Waals surface area contributed by atoms with Crippen LogP contribution in [0.4, 0.5) is 5.69 Å². The lowest BCUT2D eigenvalue weighted by molar-refractivity contribution is -0.120. The number of methoxy groups -OCH3 is 1. The van der Waals surface area contributed by atoms with E-state index in [1.807, 2.05) is 60.9 Å². The van der Waals surface area contributed by atoms with Gasteiger partial charge < -0.3 is 19.9 Å². The number of ether oxygens (including phenoxy) is 1. The second-order valence-electron chi connectivity index (χ2n) is 7.25. The summed E-state index contributed by atoms with van der Waals surface area (Å²) in [4.78, 5) is 24.7. The molecule has 3 rings (SSSR count). The van der Waals surface area contributed by atoms with E-state index < -0.39 is 0 Å². The van der Waals surface area contributed by atoms with Crippen molar-refractivity contribution in [2.75, 3.05) is 18.2 Å². The molecule has 0 saturated heterocycles. The van der Waals surface area contributed by atoms with Crippen molar-refractivity contribution in [2.24, 2.45) is 0 Å². The Morgan fingerprint density at radius 2 is 1.88 bits per heavy atom. The maximum absolute atomic E-state index is 12.4. The van der Waals surface area contributed by atoms with Gasteiger partial charge in [0.1, 0.15) is 5.75 Å². The summed E-state index contributed by atoms with van der Waals surface area (Å²) >= 11 is 4.76. The molecule has 174 valence electrons. The van der Waals surface area contributed by atoms with Crippen molar-refractivity contribution in [2.45, 2.75) is 38.5 Å². The van der Waals surface area contributed by atoms with E-state index in [-0.39, 0.29) is 30.5 Å². The fourth-order valence-electron chi connectivity index (χ4n) is 3.09. The third-order valence-electron chi connectivity index (χ3n) is 4.85. The summed E-state index contributed by atoms with van der Waals surface area (Å²) in [6.45, 7) is 4.84. The number of nitrogens with one attached hydrogen (secondary N) is 2. The number of thioether (sulfide) groups is 1. The van der Waals surface area contributed by atoms with Crippen molar-refractivity contribution in [3.05, 3.63) is 63.9 Å². The standard InChI is InChI=1S/C23H26BrN5O3S/c1-4-29-20(13-25-21(30)12-16-5-8-18(32-3)9-6-16)27-28-23(29)33-14-22(31)26-17-7-10-19(24)15(2)11-17/h5-11H,4,12-14H2,1-3H3,(H,25,30)(H,26,31). The van der Waals surface area contributed by atoms with Crippen molar-refractivity contribution in [3.63, 3.8) is 0 Å². The molecule has 0 aliphatic rings. The van der Waals surface area contributed by atoms with E-state index in [0.29, 0.717) is 17.5 Å². The molecule has 33 heavy (non-hydrogen) atoms. The van der Waals surface area contributed by atoms with Crippen LogP contribution in [0.2, 0.25) is 0 Å². The van der Waals surface area contributed by atoms with E-state index in [1.165, 1.54) is 11.8 Å². The minimum atomic E-state index is -0.123. The van der Waals surface area contributed by atoms with Gasteiger partial charge >= 0.3 is 0 Å². The molecule has 0 radical (unpaired) electrons. The summed E-state index contributed by atoms with van der Waals surface area (Å²) in [6, 6.07) is 13.0. The van der Waals surface area contributed by atoms with Crippen LogP contribution in [0.15, 0.2) is 52.1 Å². The number of nitrogens with zero attached hydrogens (tertiary/aromatic N) is 3. The summed E-state index contributed by atoms with van der Waals surface area (Å²) in [5.41, 5.74) is 2.69. The molecule has 0 spiro atoms. The van der Waals surface area contributed by atoms with Gasteiger partial charge in [-0.05, 0) is 55.3 Å². The van der Waals surface area contributed by atoms with E-state index in [4.69, 9.17) is 4.74 Å². The number of aromatic nitrogens is 3. The SMILES string of the molecule is CCn1c(CNC(=O)Cc2ccc(OC)cc2)nnc1SCC(=O)Nc1ccc(Br)c(C)c1. The molecule has 3 aromatic rings. The first kappa shape index (κ1) is 24.8. The first-order chi connectivity index (χ1) is 15.9. The third kappa shape index (κ3) is 7.06. The van der Waals surface area contributed by atoms with E-state index in [1.54, 1.807) is 7.11 Å². The minimum absolute atomic E-state index is 0.107. The van der Waals surface area contributed by atoms with Gasteiger partial charge in [0.2, 0.25) is 11.8 Å². The zero-order chi connectivity index (χ0) is 23.8.